The Kier molecular flexibility index (Phi) is 6.04. The number of morpholine rings is 1. The quantitative estimate of drug-likeness (QED) is 0.246. The minimum absolute atomic E-state index is 0.0441. The third-order valence-corrected chi connectivity index (χ3v) is 5.16. The van der Waals surface area contributed by atoms with Crippen LogP contribution in [0.5, 0.6) is 5.75 Å². The Hall–Kier alpha value is -3.92. The SMILES string of the molecule is COc1ccc2c(COC(=O)c3ccc(N4CCOCC4)c([N+](=O)[O-])c3)cc(=O)oc2c1. The average molecular weight is 440 g/mol. The second kappa shape index (κ2) is 9.06. The highest BCUT2D eigenvalue weighted by molar-refractivity contribution is 5.91. The van der Waals surface area contributed by atoms with Crippen molar-refractivity contribution in [1.82, 2.24) is 0 Å². The minimum atomic E-state index is -0.739. The lowest BCUT2D eigenvalue weighted by molar-refractivity contribution is -0.384. The third kappa shape index (κ3) is 4.40. The summed E-state index contributed by atoms with van der Waals surface area (Å²) in [7, 11) is 1.49. The van der Waals surface area contributed by atoms with Crippen LogP contribution in [0.15, 0.2) is 51.7 Å². The number of fused-ring (bicyclic) bond motifs is 1. The van der Waals surface area contributed by atoms with Crippen molar-refractivity contribution in [3.05, 3.63) is 74.1 Å². The Morgan fingerprint density at radius 3 is 2.66 bits per heavy atom. The number of ether oxygens (including phenoxy) is 3. The van der Waals surface area contributed by atoms with E-state index >= 15 is 0 Å². The number of nitrogens with zero attached hydrogens (tertiary/aromatic N) is 2. The maximum absolute atomic E-state index is 12.6. The molecule has 0 atom stereocenters. The van der Waals surface area contributed by atoms with Crippen LogP contribution in [-0.4, -0.2) is 44.3 Å². The number of carbonyl (C=O) groups excluding carboxylic acids is 1. The van der Waals surface area contributed by atoms with E-state index in [1.807, 2.05) is 4.90 Å². The standard InChI is InChI=1S/C22H20N2O8/c1-29-16-3-4-17-15(11-21(25)32-20(17)12-16)13-31-22(26)14-2-5-18(19(10-14)24(27)28)23-6-8-30-9-7-23/h2-5,10-12H,6-9,13H2,1H3. The Morgan fingerprint density at radius 1 is 1.16 bits per heavy atom. The van der Waals surface area contributed by atoms with Crippen LogP contribution in [0.2, 0.25) is 0 Å². The van der Waals surface area contributed by atoms with Gasteiger partial charge in [-0.05, 0) is 24.3 Å². The molecular weight excluding hydrogens is 420 g/mol. The highest BCUT2D eigenvalue weighted by Crippen LogP contribution is 2.30. The number of anilines is 1. The molecule has 0 saturated carbocycles. The van der Waals surface area contributed by atoms with Crippen molar-refractivity contribution in [3.8, 4) is 5.75 Å². The number of carbonyl (C=O) groups is 1. The summed E-state index contributed by atoms with van der Waals surface area (Å²) in [4.78, 5) is 37.4. The monoisotopic (exact) mass is 440 g/mol. The lowest BCUT2D eigenvalue weighted by atomic mass is 10.1. The van der Waals surface area contributed by atoms with Crippen molar-refractivity contribution in [3.63, 3.8) is 0 Å². The second-order valence-corrected chi connectivity index (χ2v) is 7.09. The molecule has 1 fully saturated rings. The molecule has 1 saturated heterocycles. The van der Waals surface area contributed by atoms with Crippen LogP contribution in [-0.2, 0) is 16.1 Å². The molecule has 3 aromatic rings. The number of nitro benzene ring substituents is 1. The van der Waals surface area contributed by atoms with Gasteiger partial charge in [0.25, 0.3) is 5.69 Å². The smallest absolute Gasteiger partial charge is 0.338 e. The van der Waals surface area contributed by atoms with Crippen LogP contribution >= 0.6 is 0 Å². The predicted molar refractivity (Wildman–Crippen MR) is 114 cm³/mol. The molecule has 4 rings (SSSR count). The van der Waals surface area contributed by atoms with Gasteiger partial charge in [0, 0.05) is 42.2 Å². The van der Waals surface area contributed by atoms with E-state index in [9.17, 15) is 19.7 Å². The fraction of sp³-hybridized carbons (Fsp3) is 0.273. The average Bonchev–Trinajstić information content (AvgIpc) is 2.81. The van der Waals surface area contributed by atoms with Crippen molar-refractivity contribution in [2.75, 3.05) is 38.3 Å². The summed E-state index contributed by atoms with van der Waals surface area (Å²) in [5, 5.41) is 12.2. The number of hydrogen-bond acceptors (Lipinski definition) is 9. The maximum atomic E-state index is 12.6. The largest absolute Gasteiger partial charge is 0.497 e. The summed E-state index contributed by atoms with van der Waals surface area (Å²) in [5.74, 6) is -0.223. The summed E-state index contributed by atoms with van der Waals surface area (Å²) in [6.07, 6.45) is 0. The number of hydrogen-bond donors (Lipinski definition) is 0. The van der Waals surface area contributed by atoms with Crippen molar-refractivity contribution in [1.29, 1.82) is 0 Å². The van der Waals surface area contributed by atoms with E-state index in [0.29, 0.717) is 54.3 Å². The first kappa shape index (κ1) is 21.3. The summed E-state index contributed by atoms with van der Waals surface area (Å²) in [5.41, 5.74) is 0.444. The molecule has 0 unspecified atom stereocenters. The van der Waals surface area contributed by atoms with Gasteiger partial charge in [0.2, 0.25) is 0 Å². The predicted octanol–water partition coefficient (Wildman–Crippen LogP) is 2.90. The van der Waals surface area contributed by atoms with Gasteiger partial charge in [0.1, 0.15) is 23.6 Å². The summed E-state index contributed by atoms with van der Waals surface area (Å²) in [6.45, 7) is 1.81. The molecule has 0 N–H and O–H groups in total. The number of methoxy groups -OCH3 is 1. The molecule has 0 bridgehead atoms. The van der Waals surface area contributed by atoms with Crippen LogP contribution in [0.25, 0.3) is 11.0 Å². The number of esters is 1. The fourth-order valence-corrected chi connectivity index (χ4v) is 3.55. The van der Waals surface area contributed by atoms with Crippen LogP contribution in [0, 0.1) is 10.1 Å². The van der Waals surface area contributed by atoms with Gasteiger partial charge in [0.15, 0.2) is 0 Å². The Morgan fingerprint density at radius 2 is 1.94 bits per heavy atom. The molecule has 166 valence electrons. The molecule has 1 aliphatic heterocycles. The van der Waals surface area contributed by atoms with E-state index in [1.165, 1.54) is 25.3 Å². The second-order valence-electron chi connectivity index (χ2n) is 7.09. The molecule has 0 amide bonds. The minimum Gasteiger partial charge on any atom is -0.497 e. The molecule has 10 nitrogen and oxygen atoms in total. The summed E-state index contributed by atoms with van der Waals surface area (Å²) < 4.78 is 20.9. The Balaban J connectivity index is 1.56. The van der Waals surface area contributed by atoms with Crippen LogP contribution in [0.4, 0.5) is 11.4 Å². The first-order chi connectivity index (χ1) is 15.5. The molecule has 2 heterocycles. The normalized spacial score (nSPS) is 13.7. The van der Waals surface area contributed by atoms with Crippen LogP contribution < -0.4 is 15.3 Å². The zero-order chi connectivity index (χ0) is 22.7. The third-order valence-electron chi connectivity index (χ3n) is 5.16. The van der Waals surface area contributed by atoms with Crippen molar-refractivity contribution in [2.45, 2.75) is 6.61 Å². The first-order valence-corrected chi connectivity index (χ1v) is 9.85. The maximum Gasteiger partial charge on any atom is 0.338 e. The number of nitro groups is 1. The summed E-state index contributed by atoms with van der Waals surface area (Å²) in [6, 6.07) is 10.4. The highest BCUT2D eigenvalue weighted by Gasteiger charge is 2.24. The lowest BCUT2D eigenvalue weighted by Crippen LogP contribution is -2.36. The van der Waals surface area contributed by atoms with Gasteiger partial charge < -0.3 is 23.5 Å². The molecule has 1 aliphatic rings. The molecule has 2 aromatic carbocycles. The van der Waals surface area contributed by atoms with E-state index in [2.05, 4.69) is 0 Å². The molecule has 0 spiro atoms. The topological polar surface area (TPSA) is 121 Å². The zero-order valence-corrected chi connectivity index (χ0v) is 17.2. The van der Waals surface area contributed by atoms with E-state index in [4.69, 9.17) is 18.6 Å². The van der Waals surface area contributed by atoms with E-state index in [1.54, 1.807) is 24.3 Å². The fourth-order valence-electron chi connectivity index (χ4n) is 3.55. The van der Waals surface area contributed by atoms with E-state index < -0.39 is 16.5 Å². The van der Waals surface area contributed by atoms with Gasteiger partial charge >= 0.3 is 11.6 Å². The van der Waals surface area contributed by atoms with Crippen molar-refractivity contribution >= 4 is 28.3 Å². The van der Waals surface area contributed by atoms with Crippen LogP contribution in [0.1, 0.15) is 15.9 Å². The van der Waals surface area contributed by atoms with Gasteiger partial charge in [0.05, 0.1) is 30.8 Å². The Labute approximate surface area is 182 Å². The van der Waals surface area contributed by atoms with Crippen molar-refractivity contribution in [2.24, 2.45) is 0 Å². The van der Waals surface area contributed by atoms with Gasteiger partial charge in [-0.3, -0.25) is 10.1 Å². The molecule has 0 radical (unpaired) electrons. The molecule has 0 aliphatic carbocycles. The highest BCUT2D eigenvalue weighted by atomic mass is 16.6. The van der Waals surface area contributed by atoms with Gasteiger partial charge in [-0.2, -0.15) is 0 Å². The van der Waals surface area contributed by atoms with E-state index in [-0.39, 0.29) is 17.9 Å². The number of rotatable bonds is 6. The first-order valence-electron chi connectivity index (χ1n) is 9.85. The van der Waals surface area contributed by atoms with Gasteiger partial charge in [-0.15, -0.1) is 0 Å². The number of benzene rings is 2. The molecule has 32 heavy (non-hydrogen) atoms. The zero-order valence-electron chi connectivity index (χ0n) is 17.2. The van der Waals surface area contributed by atoms with Gasteiger partial charge in [-0.25, -0.2) is 9.59 Å². The van der Waals surface area contributed by atoms with Crippen LogP contribution in [0.3, 0.4) is 0 Å². The Bertz CT molecular complexity index is 1230. The summed E-state index contributed by atoms with van der Waals surface area (Å²) >= 11 is 0. The van der Waals surface area contributed by atoms with Crippen molar-refractivity contribution < 1.29 is 28.3 Å². The molecular formula is C22H20N2O8. The lowest BCUT2D eigenvalue weighted by Gasteiger charge is -2.28. The van der Waals surface area contributed by atoms with Gasteiger partial charge in [-0.1, -0.05) is 0 Å². The van der Waals surface area contributed by atoms with E-state index in [0.717, 1.165) is 0 Å². The molecule has 1 aromatic heterocycles. The molecule has 10 heteroatoms.